The summed E-state index contributed by atoms with van der Waals surface area (Å²) in [6, 6.07) is 0.0669. The molecule has 1 heterocycles. The van der Waals surface area contributed by atoms with Crippen molar-refractivity contribution >= 4 is 5.97 Å². The first kappa shape index (κ1) is 13.2. The molecule has 0 aromatic carbocycles. The minimum absolute atomic E-state index is 0.0669. The number of nitrogens with zero attached hydrogens (tertiary/aromatic N) is 1. The SMILES string of the molecule is C=CCN1CC(C)(C)CNCC1CC(=O)O. The Balaban J connectivity index is 2.72. The van der Waals surface area contributed by atoms with Gasteiger partial charge in [0, 0.05) is 32.2 Å². The Bertz CT molecular complexity index is 264. The first-order valence-electron chi connectivity index (χ1n) is 5.72. The van der Waals surface area contributed by atoms with E-state index in [0.29, 0.717) is 0 Å². The van der Waals surface area contributed by atoms with Gasteiger partial charge in [0.05, 0.1) is 6.42 Å². The molecule has 1 fully saturated rings. The topological polar surface area (TPSA) is 52.6 Å². The molecule has 0 radical (unpaired) electrons. The van der Waals surface area contributed by atoms with E-state index in [1.165, 1.54) is 0 Å². The molecule has 0 aromatic heterocycles. The van der Waals surface area contributed by atoms with Gasteiger partial charge in [-0.1, -0.05) is 19.9 Å². The van der Waals surface area contributed by atoms with Gasteiger partial charge in [0.25, 0.3) is 0 Å². The first-order valence-corrected chi connectivity index (χ1v) is 5.72. The van der Waals surface area contributed by atoms with Crippen LogP contribution < -0.4 is 5.32 Å². The van der Waals surface area contributed by atoms with Gasteiger partial charge in [0.15, 0.2) is 0 Å². The van der Waals surface area contributed by atoms with Crippen molar-refractivity contribution < 1.29 is 9.90 Å². The summed E-state index contributed by atoms with van der Waals surface area (Å²) in [6.45, 7) is 11.5. The highest BCUT2D eigenvalue weighted by atomic mass is 16.4. The van der Waals surface area contributed by atoms with Crippen molar-refractivity contribution in [1.82, 2.24) is 10.2 Å². The lowest BCUT2D eigenvalue weighted by Gasteiger charge is -2.32. The molecular weight excluding hydrogens is 204 g/mol. The Hall–Kier alpha value is -0.870. The molecule has 4 heteroatoms. The van der Waals surface area contributed by atoms with E-state index in [9.17, 15) is 4.79 Å². The molecule has 92 valence electrons. The third-order valence-corrected chi connectivity index (χ3v) is 2.90. The molecule has 1 aliphatic heterocycles. The minimum Gasteiger partial charge on any atom is -0.481 e. The van der Waals surface area contributed by atoms with E-state index in [2.05, 4.69) is 30.6 Å². The van der Waals surface area contributed by atoms with E-state index < -0.39 is 5.97 Å². The zero-order chi connectivity index (χ0) is 12.2. The average Bonchev–Trinajstić information content (AvgIpc) is 2.26. The Morgan fingerprint density at radius 1 is 1.69 bits per heavy atom. The number of aliphatic carboxylic acids is 1. The molecule has 0 bridgehead atoms. The summed E-state index contributed by atoms with van der Waals surface area (Å²) in [4.78, 5) is 13.0. The maximum Gasteiger partial charge on any atom is 0.304 e. The van der Waals surface area contributed by atoms with E-state index in [4.69, 9.17) is 5.11 Å². The van der Waals surface area contributed by atoms with Crippen molar-refractivity contribution in [3.63, 3.8) is 0 Å². The summed E-state index contributed by atoms with van der Waals surface area (Å²) in [7, 11) is 0. The molecule has 0 aliphatic carbocycles. The number of nitrogens with one attached hydrogen (secondary N) is 1. The van der Waals surface area contributed by atoms with Crippen molar-refractivity contribution in [1.29, 1.82) is 0 Å². The van der Waals surface area contributed by atoms with Gasteiger partial charge >= 0.3 is 5.97 Å². The van der Waals surface area contributed by atoms with E-state index in [1.807, 2.05) is 6.08 Å². The standard InChI is InChI=1S/C12H22N2O2/c1-4-5-14-9-12(2,3)8-13-7-10(14)6-11(15)16/h4,10,13H,1,5-9H2,2-3H3,(H,15,16). The van der Waals surface area contributed by atoms with Crippen molar-refractivity contribution in [2.24, 2.45) is 5.41 Å². The third kappa shape index (κ3) is 3.94. The van der Waals surface area contributed by atoms with Gasteiger partial charge in [-0.2, -0.15) is 0 Å². The van der Waals surface area contributed by atoms with Crippen LogP contribution in [0.5, 0.6) is 0 Å². The van der Waals surface area contributed by atoms with Gasteiger partial charge in [-0.05, 0) is 5.41 Å². The van der Waals surface area contributed by atoms with Crippen LogP contribution in [0.25, 0.3) is 0 Å². The fraction of sp³-hybridized carbons (Fsp3) is 0.750. The molecule has 0 amide bonds. The second-order valence-electron chi connectivity index (χ2n) is 5.26. The van der Waals surface area contributed by atoms with Crippen LogP contribution in [-0.4, -0.2) is 48.2 Å². The van der Waals surface area contributed by atoms with Crippen LogP contribution in [0.2, 0.25) is 0 Å². The highest BCUT2D eigenvalue weighted by Gasteiger charge is 2.30. The molecule has 1 aliphatic rings. The summed E-state index contributed by atoms with van der Waals surface area (Å²) in [6.07, 6.45) is 2.03. The molecule has 1 saturated heterocycles. The van der Waals surface area contributed by atoms with E-state index >= 15 is 0 Å². The van der Waals surface area contributed by atoms with Crippen molar-refractivity contribution in [2.45, 2.75) is 26.3 Å². The molecule has 2 N–H and O–H groups in total. The number of rotatable bonds is 4. The van der Waals surface area contributed by atoms with Crippen LogP contribution in [0.4, 0.5) is 0 Å². The fourth-order valence-electron chi connectivity index (χ4n) is 2.22. The molecule has 1 unspecified atom stereocenters. The summed E-state index contributed by atoms with van der Waals surface area (Å²) in [5.74, 6) is -0.736. The molecule has 16 heavy (non-hydrogen) atoms. The molecule has 0 spiro atoms. The van der Waals surface area contributed by atoms with Crippen molar-refractivity contribution in [2.75, 3.05) is 26.2 Å². The predicted octanol–water partition coefficient (Wildman–Crippen LogP) is 0.947. The Kier molecular flexibility index (Phi) is 4.50. The number of hydrogen-bond acceptors (Lipinski definition) is 3. The number of carboxylic acids is 1. The second kappa shape index (κ2) is 5.46. The van der Waals surface area contributed by atoms with Gasteiger partial charge in [-0.3, -0.25) is 9.69 Å². The molecular formula is C12H22N2O2. The monoisotopic (exact) mass is 226 g/mol. The van der Waals surface area contributed by atoms with Crippen LogP contribution in [-0.2, 0) is 4.79 Å². The summed E-state index contributed by atoms with van der Waals surface area (Å²) >= 11 is 0. The lowest BCUT2D eigenvalue weighted by molar-refractivity contribution is -0.138. The molecule has 0 saturated carbocycles. The van der Waals surface area contributed by atoms with Gasteiger partial charge < -0.3 is 10.4 Å². The first-order chi connectivity index (χ1) is 7.44. The van der Waals surface area contributed by atoms with E-state index in [0.717, 1.165) is 26.2 Å². The van der Waals surface area contributed by atoms with Gasteiger partial charge in [-0.25, -0.2) is 0 Å². The summed E-state index contributed by atoms with van der Waals surface area (Å²) < 4.78 is 0. The van der Waals surface area contributed by atoms with Gasteiger partial charge in [0.2, 0.25) is 0 Å². The molecule has 1 rings (SSSR count). The zero-order valence-corrected chi connectivity index (χ0v) is 10.2. The van der Waals surface area contributed by atoms with Crippen LogP contribution in [0, 0.1) is 5.41 Å². The number of carbonyl (C=O) groups is 1. The van der Waals surface area contributed by atoms with Crippen LogP contribution in [0.3, 0.4) is 0 Å². The highest BCUT2D eigenvalue weighted by Crippen LogP contribution is 2.21. The largest absolute Gasteiger partial charge is 0.481 e. The van der Waals surface area contributed by atoms with Gasteiger partial charge in [-0.15, -0.1) is 6.58 Å². The lowest BCUT2D eigenvalue weighted by atomic mass is 9.93. The molecule has 1 atom stereocenters. The smallest absolute Gasteiger partial charge is 0.304 e. The Morgan fingerprint density at radius 2 is 2.38 bits per heavy atom. The molecule has 0 aromatic rings. The van der Waals surface area contributed by atoms with Crippen LogP contribution in [0.1, 0.15) is 20.3 Å². The lowest BCUT2D eigenvalue weighted by Crippen LogP contribution is -2.42. The number of hydrogen-bond donors (Lipinski definition) is 2. The maximum atomic E-state index is 10.8. The summed E-state index contributed by atoms with van der Waals surface area (Å²) in [5.41, 5.74) is 0.177. The van der Waals surface area contributed by atoms with Crippen molar-refractivity contribution in [3.8, 4) is 0 Å². The van der Waals surface area contributed by atoms with E-state index in [1.54, 1.807) is 0 Å². The van der Waals surface area contributed by atoms with Crippen LogP contribution >= 0.6 is 0 Å². The van der Waals surface area contributed by atoms with Gasteiger partial charge in [0.1, 0.15) is 0 Å². The van der Waals surface area contributed by atoms with Crippen molar-refractivity contribution in [3.05, 3.63) is 12.7 Å². The average molecular weight is 226 g/mol. The highest BCUT2D eigenvalue weighted by molar-refractivity contribution is 5.67. The Labute approximate surface area is 97.3 Å². The minimum atomic E-state index is -0.736. The van der Waals surface area contributed by atoms with Crippen LogP contribution in [0.15, 0.2) is 12.7 Å². The summed E-state index contributed by atoms with van der Waals surface area (Å²) in [5, 5.41) is 12.2. The third-order valence-electron chi connectivity index (χ3n) is 2.90. The molecule has 4 nitrogen and oxygen atoms in total. The Morgan fingerprint density at radius 3 is 2.94 bits per heavy atom. The second-order valence-corrected chi connectivity index (χ2v) is 5.26. The maximum absolute atomic E-state index is 10.8. The van der Waals surface area contributed by atoms with E-state index in [-0.39, 0.29) is 17.9 Å². The normalized spacial score (nSPS) is 26.0. The zero-order valence-electron chi connectivity index (χ0n) is 10.2. The number of carboxylic acid groups (broad SMARTS) is 1. The quantitative estimate of drug-likeness (QED) is 0.701. The fourth-order valence-corrected chi connectivity index (χ4v) is 2.22. The predicted molar refractivity (Wildman–Crippen MR) is 64.5 cm³/mol.